The Labute approximate surface area is 188 Å². The average molecular weight is 447 g/mol. The third-order valence-corrected chi connectivity index (χ3v) is 4.77. The predicted octanol–water partition coefficient (Wildman–Crippen LogP) is 3.55. The van der Waals surface area contributed by atoms with Gasteiger partial charge in [-0.3, -0.25) is 9.59 Å². The molecule has 2 rings (SSSR count). The summed E-state index contributed by atoms with van der Waals surface area (Å²) in [5.74, 6) is 0.459. The number of methoxy groups -OCH3 is 2. The normalized spacial score (nSPS) is 11.6. The van der Waals surface area contributed by atoms with Crippen molar-refractivity contribution in [1.82, 2.24) is 10.2 Å². The van der Waals surface area contributed by atoms with Gasteiger partial charge < -0.3 is 24.4 Å². The Bertz CT molecular complexity index is 880. The van der Waals surface area contributed by atoms with Gasteiger partial charge in [-0.25, -0.2) is 4.39 Å². The maximum absolute atomic E-state index is 13.3. The quantitative estimate of drug-likeness (QED) is 0.571. The fourth-order valence-electron chi connectivity index (χ4n) is 3.18. The zero-order valence-electron chi connectivity index (χ0n) is 19.2. The molecule has 2 amide bonds. The summed E-state index contributed by atoms with van der Waals surface area (Å²) in [6, 6.07) is 10.0. The van der Waals surface area contributed by atoms with Gasteiger partial charge in [-0.05, 0) is 38.0 Å². The molecule has 2 aromatic rings. The molecule has 32 heavy (non-hydrogen) atoms. The van der Waals surface area contributed by atoms with Crippen LogP contribution < -0.4 is 19.5 Å². The number of benzene rings is 2. The van der Waals surface area contributed by atoms with Crippen LogP contribution in [0.1, 0.15) is 32.8 Å². The van der Waals surface area contributed by atoms with Gasteiger partial charge in [0.2, 0.25) is 5.91 Å². The van der Waals surface area contributed by atoms with Gasteiger partial charge >= 0.3 is 0 Å². The highest BCUT2D eigenvalue weighted by molar-refractivity contribution is 5.88. The van der Waals surface area contributed by atoms with Crippen LogP contribution in [0.4, 0.5) is 4.39 Å². The minimum Gasteiger partial charge on any atom is -0.496 e. The summed E-state index contributed by atoms with van der Waals surface area (Å²) < 4.78 is 29.5. The van der Waals surface area contributed by atoms with E-state index in [1.54, 1.807) is 30.3 Å². The van der Waals surface area contributed by atoms with Crippen molar-refractivity contribution in [1.29, 1.82) is 0 Å². The standard InChI is InChI=1S/C24H31FN2O5/c1-6-22(24(29)26-16(2)3)27(14-17-7-9-18(25)10-8-17)23(28)15-32-21-12-19(30-4)11-20(13-21)31-5/h7-13,16,22H,6,14-15H2,1-5H3,(H,26,29). The number of carbonyl (C=O) groups is 2. The lowest BCUT2D eigenvalue weighted by molar-refractivity contribution is -0.143. The van der Waals surface area contributed by atoms with Crippen molar-refractivity contribution in [3.8, 4) is 17.2 Å². The van der Waals surface area contributed by atoms with Crippen molar-refractivity contribution >= 4 is 11.8 Å². The van der Waals surface area contributed by atoms with Gasteiger partial charge in [-0.2, -0.15) is 0 Å². The van der Waals surface area contributed by atoms with Gasteiger partial charge in [-0.15, -0.1) is 0 Å². The molecule has 0 heterocycles. The summed E-state index contributed by atoms with van der Waals surface area (Å²) >= 11 is 0. The van der Waals surface area contributed by atoms with Gasteiger partial charge in [0.25, 0.3) is 5.91 Å². The molecule has 1 unspecified atom stereocenters. The molecule has 0 spiro atoms. The van der Waals surface area contributed by atoms with Gasteiger partial charge in [0, 0.05) is 30.8 Å². The van der Waals surface area contributed by atoms with Crippen molar-refractivity contribution in [3.05, 3.63) is 53.8 Å². The van der Waals surface area contributed by atoms with E-state index in [0.29, 0.717) is 29.2 Å². The zero-order chi connectivity index (χ0) is 23.7. The Morgan fingerprint density at radius 3 is 2.06 bits per heavy atom. The topological polar surface area (TPSA) is 77.1 Å². The fraction of sp³-hybridized carbons (Fsp3) is 0.417. The zero-order valence-corrected chi connectivity index (χ0v) is 19.2. The van der Waals surface area contributed by atoms with Crippen LogP contribution in [0.2, 0.25) is 0 Å². The highest BCUT2D eigenvalue weighted by Crippen LogP contribution is 2.27. The molecule has 0 aliphatic rings. The molecular weight excluding hydrogens is 415 g/mol. The summed E-state index contributed by atoms with van der Waals surface area (Å²) in [6.45, 7) is 5.41. The van der Waals surface area contributed by atoms with Crippen molar-refractivity contribution < 1.29 is 28.2 Å². The molecule has 0 saturated carbocycles. The lowest BCUT2D eigenvalue weighted by Crippen LogP contribution is -2.51. The van der Waals surface area contributed by atoms with Crippen LogP contribution in [0, 0.1) is 5.82 Å². The van der Waals surface area contributed by atoms with E-state index in [1.807, 2.05) is 20.8 Å². The molecule has 0 bridgehead atoms. The van der Waals surface area contributed by atoms with E-state index in [2.05, 4.69) is 5.32 Å². The largest absolute Gasteiger partial charge is 0.496 e. The first kappa shape index (κ1) is 25.0. The number of rotatable bonds is 11. The molecule has 0 aliphatic heterocycles. The maximum Gasteiger partial charge on any atom is 0.261 e. The molecular formula is C24H31FN2O5. The average Bonchev–Trinajstić information content (AvgIpc) is 2.77. The van der Waals surface area contributed by atoms with Crippen LogP contribution in [-0.2, 0) is 16.1 Å². The number of hydrogen-bond donors (Lipinski definition) is 1. The summed E-state index contributed by atoms with van der Waals surface area (Å²) in [4.78, 5) is 27.4. The highest BCUT2D eigenvalue weighted by Gasteiger charge is 2.29. The molecule has 174 valence electrons. The molecule has 0 radical (unpaired) electrons. The van der Waals surface area contributed by atoms with Crippen LogP contribution in [-0.4, -0.2) is 49.6 Å². The van der Waals surface area contributed by atoms with Gasteiger partial charge in [0.05, 0.1) is 14.2 Å². The van der Waals surface area contributed by atoms with Crippen LogP contribution in [0.25, 0.3) is 0 Å². The smallest absolute Gasteiger partial charge is 0.261 e. The van der Waals surface area contributed by atoms with Crippen molar-refractivity contribution in [2.24, 2.45) is 0 Å². The van der Waals surface area contributed by atoms with Gasteiger partial charge in [0.1, 0.15) is 29.1 Å². The first-order chi connectivity index (χ1) is 15.3. The molecule has 2 aromatic carbocycles. The van der Waals surface area contributed by atoms with E-state index in [9.17, 15) is 14.0 Å². The Balaban J connectivity index is 2.24. The predicted molar refractivity (Wildman–Crippen MR) is 119 cm³/mol. The monoisotopic (exact) mass is 446 g/mol. The fourth-order valence-corrected chi connectivity index (χ4v) is 3.18. The summed E-state index contributed by atoms with van der Waals surface area (Å²) in [5, 5.41) is 2.86. The second-order valence-corrected chi connectivity index (χ2v) is 7.57. The maximum atomic E-state index is 13.3. The number of nitrogens with zero attached hydrogens (tertiary/aromatic N) is 1. The van der Waals surface area contributed by atoms with E-state index in [1.165, 1.54) is 31.3 Å². The third-order valence-electron chi connectivity index (χ3n) is 4.77. The molecule has 8 heteroatoms. The van der Waals surface area contributed by atoms with Crippen molar-refractivity contribution in [3.63, 3.8) is 0 Å². The lowest BCUT2D eigenvalue weighted by atomic mass is 10.1. The Hall–Kier alpha value is -3.29. The molecule has 0 aromatic heterocycles. The second kappa shape index (κ2) is 11.9. The van der Waals surface area contributed by atoms with Crippen LogP contribution in [0.3, 0.4) is 0 Å². The SMILES string of the molecule is CCC(C(=O)NC(C)C)N(Cc1ccc(F)cc1)C(=O)COc1cc(OC)cc(OC)c1. The first-order valence-electron chi connectivity index (χ1n) is 10.5. The van der Waals surface area contributed by atoms with E-state index in [4.69, 9.17) is 14.2 Å². The Morgan fingerprint density at radius 1 is 1.00 bits per heavy atom. The molecule has 0 saturated heterocycles. The number of carbonyl (C=O) groups excluding carboxylic acids is 2. The number of halogens is 1. The van der Waals surface area contributed by atoms with Crippen molar-refractivity contribution in [2.75, 3.05) is 20.8 Å². The molecule has 7 nitrogen and oxygen atoms in total. The first-order valence-corrected chi connectivity index (χ1v) is 10.5. The van der Waals surface area contributed by atoms with Gasteiger partial charge in [0.15, 0.2) is 6.61 Å². The summed E-state index contributed by atoms with van der Waals surface area (Å²) in [5.41, 5.74) is 0.707. The number of nitrogens with one attached hydrogen (secondary N) is 1. The highest BCUT2D eigenvalue weighted by atomic mass is 19.1. The van der Waals surface area contributed by atoms with Crippen LogP contribution in [0.5, 0.6) is 17.2 Å². The minimum absolute atomic E-state index is 0.0696. The summed E-state index contributed by atoms with van der Waals surface area (Å²) in [7, 11) is 3.04. The molecule has 1 N–H and O–H groups in total. The summed E-state index contributed by atoms with van der Waals surface area (Å²) in [6.07, 6.45) is 0.415. The van der Waals surface area contributed by atoms with E-state index in [-0.39, 0.29) is 36.8 Å². The Kier molecular flexibility index (Phi) is 9.31. The third kappa shape index (κ3) is 7.14. The molecule has 1 atom stereocenters. The van der Waals surface area contributed by atoms with E-state index >= 15 is 0 Å². The molecule has 0 fully saturated rings. The second-order valence-electron chi connectivity index (χ2n) is 7.57. The number of hydrogen-bond acceptors (Lipinski definition) is 5. The van der Waals surface area contributed by atoms with Crippen LogP contribution in [0.15, 0.2) is 42.5 Å². The number of ether oxygens (including phenoxy) is 3. The van der Waals surface area contributed by atoms with Gasteiger partial charge in [-0.1, -0.05) is 19.1 Å². The lowest BCUT2D eigenvalue weighted by Gasteiger charge is -2.31. The van der Waals surface area contributed by atoms with Crippen molar-refractivity contribution in [2.45, 2.75) is 45.8 Å². The minimum atomic E-state index is -0.696. The number of amides is 2. The molecule has 0 aliphatic carbocycles. The Morgan fingerprint density at radius 2 is 1.56 bits per heavy atom. The van der Waals surface area contributed by atoms with E-state index < -0.39 is 6.04 Å². The van der Waals surface area contributed by atoms with Crippen LogP contribution >= 0.6 is 0 Å². The van der Waals surface area contributed by atoms with E-state index in [0.717, 1.165) is 0 Å².